The maximum Gasteiger partial charge on any atom is 0.154 e. The third-order valence-corrected chi connectivity index (χ3v) is 5.24. The molecule has 0 aliphatic rings. The normalized spacial score (nSPS) is 14.5. The molecule has 1 heterocycles. The van der Waals surface area contributed by atoms with E-state index in [-0.39, 0.29) is 0 Å². The molecule has 1 aromatic carbocycles. The summed E-state index contributed by atoms with van der Waals surface area (Å²) < 4.78 is 24.3. The molecule has 1 aromatic heterocycles. The summed E-state index contributed by atoms with van der Waals surface area (Å²) in [6, 6.07) is 12.8. The topological polar surface area (TPSA) is 59.9 Å². The van der Waals surface area contributed by atoms with Gasteiger partial charge in [0, 0.05) is 5.41 Å². The molecule has 0 fully saturated rings. The molecule has 0 bridgehead atoms. The van der Waals surface area contributed by atoms with Crippen LogP contribution in [0.2, 0.25) is 0 Å². The second-order valence-electron chi connectivity index (χ2n) is 4.72. The average Bonchev–Trinajstić information content (AvgIpc) is 2.62. The zero-order valence-corrected chi connectivity index (χ0v) is 14.9. The zero-order valence-electron chi connectivity index (χ0n) is 13.2. The summed E-state index contributed by atoms with van der Waals surface area (Å²) in [4.78, 5) is 0. The fourth-order valence-electron chi connectivity index (χ4n) is 1.76. The van der Waals surface area contributed by atoms with Crippen molar-refractivity contribution < 1.29 is 8.42 Å². The molecule has 0 amide bonds. The van der Waals surface area contributed by atoms with Crippen LogP contribution in [-0.2, 0) is 27.4 Å². The van der Waals surface area contributed by atoms with Crippen molar-refractivity contribution in [3.63, 3.8) is 0 Å². The van der Waals surface area contributed by atoms with Crippen molar-refractivity contribution in [3.05, 3.63) is 83.8 Å². The minimum Gasteiger partial charge on any atom is -0.252 e. The molecule has 2 aromatic rings. The van der Waals surface area contributed by atoms with Crippen molar-refractivity contribution in [2.45, 2.75) is 22.7 Å². The highest BCUT2D eigenvalue weighted by Crippen LogP contribution is 2.11. The summed E-state index contributed by atoms with van der Waals surface area (Å²) in [6.45, 7) is 1.92. The van der Waals surface area contributed by atoms with Gasteiger partial charge in [-0.15, -0.1) is 10.2 Å². The van der Waals surface area contributed by atoms with Crippen molar-refractivity contribution in [1.29, 1.82) is 0 Å². The van der Waals surface area contributed by atoms with Crippen LogP contribution >= 0.6 is 0 Å². The number of nitrogens with zero attached hydrogens (tertiary/aromatic N) is 2. The van der Waals surface area contributed by atoms with Crippen molar-refractivity contribution in [2.24, 2.45) is 0 Å². The van der Waals surface area contributed by atoms with Gasteiger partial charge in [-0.05, 0) is 24.6 Å². The fourth-order valence-corrected chi connectivity index (χ4v) is 3.45. The van der Waals surface area contributed by atoms with Gasteiger partial charge < -0.3 is 0 Å². The summed E-state index contributed by atoms with van der Waals surface area (Å²) in [5.74, 6) is 0.383. The number of hydrogen-bond acceptors (Lipinski definition) is 4. The molecule has 0 saturated heterocycles. The molecule has 2 unspecified atom stereocenters. The smallest absolute Gasteiger partial charge is 0.154 e. The molecule has 0 aliphatic carbocycles. The van der Waals surface area contributed by atoms with Gasteiger partial charge in [0.05, 0.1) is 27.4 Å². The Kier molecular flexibility index (Phi) is 7.45. The van der Waals surface area contributed by atoms with Crippen LogP contribution in [0.15, 0.2) is 88.3 Å². The van der Waals surface area contributed by atoms with Gasteiger partial charge >= 0.3 is 0 Å². The standard InChI is InChI=1S/C18H18N2O2S2/c1-2-3-4-5-9-14-23(21)17-12-13-18(20-19-17)24(22)15-16-10-7-6-8-11-16/h2-14H,15H2,1H3/b3-2-,5-4-,14-9+. The van der Waals surface area contributed by atoms with Gasteiger partial charge in [0.25, 0.3) is 0 Å². The number of rotatable bonds is 7. The first-order valence-corrected chi connectivity index (χ1v) is 9.86. The van der Waals surface area contributed by atoms with Gasteiger partial charge in [-0.2, -0.15) is 0 Å². The molecular formula is C18H18N2O2S2. The highest BCUT2D eigenvalue weighted by atomic mass is 32.2. The molecule has 4 nitrogen and oxygen atoms in total. The predicted octanol–water partition coefficient (Wildman–Crippen LogP) is 3.54. The number of benzene rings is 1. The van der Waals surface area contributed by atoms with E-state index >= 15 is 0 Å². The second-order valence-corrected chi connectivity index (χ2v) is 7.41. The van der Waals surface area contributed by atoms with Crippen LogP contribution in [0.5, 0.6) is 0 Å². The minimum absolute atomic E-state index is 0.339. The van der Waals surface area contributed by atoms with E-state index < -0.39 is 21.6 Å². The SMILES string of the molecule is C\C=C/C=C\C=C\S(=O)c1ccc(S(=O)Cc2ccccc2)nn1. The predicted molar refractivity (Wildman–Crippen MR) is 98.1 cm³/mol. The highest BCUT2D eigenvalue weighted by molar-refractivity contribution is 7.88. The van der Waals surface area contributed by atoms with Crippen LogP contribution in [0.25, 0.3) is 0 Å². The molecule has 0 radical (unpaired) electrons. The van der Waals surface area contributed by atoms with Crippen LogP contribution in [0.3, 0.4) is 0 Å². The van der Waals surface area contributed by atoms with Gasteiger partial charge in [0.15, 0.2) is 5.03 Å². The minimum atomic E-state index is -1.38. The number of aromatic nitrogens is 2. The quantitative estimate of drug-likeness (QED) is 0.710. The van der Waals surface area contributed by atoms with E-state index in [4.69, 9.17) is 0 Å². The van der Waals surface area contributed by atoms with Gasteiger partial charge in [-0.1, -0.05) is 60.7 Å². The monoisotopic (exact) mass is 358 g/mol. The average molecular weight is 358 g/mol. The summed E-state index contributed by atoms with van der Waals surface area (Å²) in [5, 5.41) is 10.1. The van der Waals surface area contributed by atoms with E-state index in [0.717, 1.165) is 5.56 Å². The molecule has 24 heavy (non-hydrogen) atoms. The van der Waals surface area contributed by atoms with E-state index in [1.54, 1.807) is 24.3 Å². The third-order valence-electron chi connectivity index (χ3n) is 2.92. The van der Waals surface area contributed by atoms with Crippen molar-refractivity contribution in [1.82, 2.24) is 10.2 Å². The summed E-state index contributed by atoms with van der Waals surface area (Å²) in [7, 11) is -2.65. The van der Waals surface area contributed by atoms with Crippen LogP contribution in [0.1, 0.15) is 12.5 Å². The lowest BCUT2D eigenvalue weighted by Crippen LogP contribution is -2.02. The molecule has 2 rings (SSSR count). The highest BCUT2D eigenvalue weighted by Gasteiger charge is 2.09. The molecular weight excluding hydrogens is 340 g/mol. The lowest BCUT2D eigenvalue weighted by atomic mass is 10.2. The Hall–Kier alpha value is -2.18. The van der Waals surface area contributed by atoms with E-state index in [9.17, 15) is 8.42 Å². The van der Waals surface area contributed by atoms with Gasteiger partial charge in [0.2, 0.25) is 0 Å². The first kappa shape index (κ1) is 18.2. The Labute approximate surface area is 146 Å². The molecule has 0 aliphatic heterocycles. The van der Waals surface area contributed by atoms with Crippen molar-refractivity contribution >= 4 is 21.6 Å². The van der Waals surface area contributed by atoms with E-state index in [2.05, 4.69) is 10.2 Å². The van der Waals surface area contributed by atoms with Crippen molar-refractivity contribution in [2.75, 3.05) is 0 Å². The van der Waals surface area contributed by atoms with Crippen LogP contribution in [0, 0.1) is 0 Å². The lowest BCUT2D eigenvalue weighted by molar-refractivity contribution is 0.671. The first-order valence-electron chi connectivity index (χ1n) is 7.33. The van der Waals surface area contributed by atoms with Crippen LogP contribution in [-0.4, -0.2) is 18.6 Å². The fraction of sp³-hybridized carbons (Fsp3) is 0.111. The second kappa shape index (κ2) is 9.85. The van der Waals surface area contributed by atoms with Gasteiger partial charge in [-0.3, -0.25) is 4.21 Å². The molecule has 0 spiro atoms. The van der Waals surface area contributed by atoms with Crippen molar-refractivity contribution in [3.8, 4) is 0 Å². The number of allylic oxidation sites excluding steroid dienone is 5. The number of hydrogen-bond donors (Lipinski definition) is 0. The molecule has 2 atom stereocenters. The van der Waals surface area contributed by atoms with E-state index in [1.807, 2.05) is 55.5 Å². The Bertz CT molecular complexity index is 782. The third kappa shape index (κ3) is 5.79. The largest absolute Gasteiger partial charge is 0.252 e. The van der Waals surface area contributed by atoms with E-state index in [1.165, 1.54) is 5.41 Å². The first-order chi connectivity index (χ1) is 11.7. The summed E-state index contributed by atoms with van der Waals surface area (Å²) in [6.07, 6.45) is 9.11. The van der Waals surface area contributed by atoms with Crippen LogP contribution < -0.4 is 0 Å². The maximum atomic E-state index is 12.3. The Morgan fingerprint density at radius 2 is 1.54 bits per heavy atom. The maximum absolute atomic E-state index is 12.3. The van der Waals surface area contributed by atoms with E-state index in [0.29, 0.717) is 15.8 Å². The molecule has 0 N–H and O–H groups in total. The lowest BCUT2D eigenvalue weighted by Gasteiger charge is -2.02. The zero-order chi connectivity index (χ0) is 17.2. The Balaban J connectivity index is 1.99. The Morgan fingerprint density at radius 1 is 0.875 bits per heavy atom. The molecule has 124 valence electrons. The molecule has 6 heteroatoms. The summed E-state index contributed by atoms with van der Waals surface area (Å²) in [5.41, 5.74) is 0.973. The summed E-state index contributed by atoms with van der Waals surface area (Å²) >= 11 is 0. The van der Waals surface area contributed by atoms with Gasteiger partial charge in [-0.25, -0.2) is 4.21 Å². The Morgan fingerprint density at radius 3 is 2.21 bits per heavy atom. The van der Waals surface area contributed by atoms with Crippen LogP contribution in [0.4, 0.5) is 0 Å². The van der Waals surface area contributed by atoms with Gasteiger partial charge in [0.1, 0.15) is 5.03 Å². The molecule has 0 saturated carbocycles.